The molecule has 2 bridgehead atoms. The van der Waals surface area contributed by atoms with Gasteiger partial charge >= 0.3 is 0 Å². The molecule has 10 nitrogen and oxygen atoms in total. The molecule has 3 amide bonds. The summed E-state index contributed by atoms with van der Waals surface area (Å²) in [7, 11) is 0. The molecule has 1 N–H and O–H groups in total. The lowest BCUT2D eigenvalue weighted by atomic mass is 9.70. The fraction of sp³-hybridized carbons (Fsp3) is 0.639. The number of benzene rings is 1. The summed E-state index contributed by atoms with van der Waals surface area (Å²) in [6, 6.07) is 6.77. The highest BCUT2D eigenvalue weighted by atomic mass is 79.9. The van der Waals surface area contributed by atoms with Gasteiger partial charge in [0.15, 0.2) is 0 Å². The van der Waals surface area contributed by atoms with Crippen LogP contribution >= 0.6 is 27.7 Å². The minimum absolute atomic E-state index is 0.0209. The number of ether oxygens (including phenoxy) is 2. The second-order valence-corrected chi connectivity index (χ2v) is 15.7. The second kappa shape index (κ2) is 17.0. The molecule has 48 heavy (non-hydrogen) atoms. The summed E-state index contributed by atoms with van der Waals surface area (Å²) in [6.07, 6.45) is 7.24. The Hall–Kier alpha value is -2.38. The third-order valence-corrected chi connectivity index (χ3v) is 13.3. The van der Waals surface area contributed by atoms with E-state index in [-0.39, 0.29) is 34.4 Å². The molecule has 4 aliphatic rings. The van der Waals surface area contributed by atoms with Crippen molar-refractivity contribution in [2.24, 2.45) is 11.8 Å². The molecule has 4 saturated heterocycles. The van der Waals surface area contributed by atoms with E-state index < -0.39 is 22.6 Å². The molecule has 0 radical (unpaired) electrons. The van der Waals surface area contributed by atoms with Crippen molar-refractivity contribution in [2.75, 3.05) is 77.1 Å². The van der Waals surface area contributed by atoms with Gasteiger partial charge in [0.05, 0.1) is 36.4 Å². The van der Waals surface area contributed by atoms with E-state index >= 15 is 0 Å². The molecule has 4 fully saturated rings. The quantitative estimate of drug-likeness (QED) is 0.137. The van der Waals surface area contributed by atoms with Crippen molar-refractivity contribution in [3.63, 3.8) is 0 Å². The maximum atomic E-state index is 14.8. The number of likely N-dealkylation sites (tertiary alicyclic amines) is 1. The largest absolute Gasteiger partial charge is 0.494 e. The molecule has 4 aliphatic heterocycles. The van der Waals surface area contributed by atoms with Crippen LogP contribution in [0.1, 0.15) is 39.0 Å². The SMILES string of the molecule is C=CCN(CCN1CCOCC1)C(=O)C1N(CCCCCCO)C(=O)[C@@H]2[C@@H](C(=O)N(CC=C)c3ccc(OCC)cc3)[C@@H]3SC12CC3Br. The fourth-order valence-electron chi connectivity index (χ4n) is 7.91. The van der Waals surface area contributed by atoms with Gasteiger partial charge in [0.2, 0.25) is 17.7 Å². The number of thioether (sulfide) groups is 1. The van der Waals surface area contributed by atoms with Crippen LogP contribution in [0.2, 0.25) is 0 Å². The number of aliphatic hydroxyl groups is 1. The first-order chi connectivity index (χ1) is 23.3. The minimum atomic E-state index is -0.727. The number of alkyl halides is 1. The van der Waals surface area contributed by atoms with Crippen molar-refractivity contribution in [3.8, 4) is 5.75 Å². The molecule has 5 rings (SSSR count). The number of hydrogen-bond donors (Lipinski definition) is 1. The first-order valence-electron chi connectivity index (χ1n) is 17.4. The van der Waals surface area contributed by atoms with Gasteiger partial charge in [-0.2, -0.15) is 0 Å². The van der Waals surface area contributed by atoms with Crippen molar-refractivity contribution in [1.82, 2.24) is 14.7 Å². The number of unbranched alkanes of at least 4 members (excludes halogenated alkanes) is 3. The number of nitrogens with zero attached hydrogens (tertiary/aromatic N) is 4. The standard InChI is InChI=1S/C36H51BrN4O6S/c1-4-15-39(19-18-38-20-23-46-24-21-38)35(45)32-36-25-28(37)31(48-36)29(30(36)34(44)41(32)17-9-7-8-10-22-42)33(43)40(16-5-2)26-11-13-27(14-12-26)47-6-3/h4-5,11-14,28-32,42H,1-2,6-10,15-25H2,3H3/t28?,29-,30+,31-,32?,36?/m1/s1. The van der Waals surface area contributed by atoms with Gasteiger partial charge in [-0.05, 0) is 50.5 Å². The van der Waals surface area contributed by atoms with E-state index in [0.29, 0.717) is 58.8 Å². The van der Waals surface area contributed by atoms with Crippen molar-refractivity contribution in [3.05, 3.63) is 49.6 Å². The Morgan fingerprint density at radius 2 is 1.79 bits per heavy atom. The minimum Gasteiger partial charge on any atom is -0.494 e. The summed E-state index contributed by atoms with van der Waals surface area (Å²) in [6.45, 7) is 15.9. The van der Waals surface area contributed by atoms with Crippen LogP contribution in [0.5, 0.6) is 5.75 Å². The zero-order valence-corrected chi connectivity index (χ0v) is 30.5. The first kappa shape index (κ1) is 36.9. The predicted octanol–water partition coefficient (Wildman–Crippen LogP) is 3.97. The van der Waals surface area contributed by atoms with Crippen molar-refractivity contribution in [1.29, 1.82) is 0 Å². The number of hydrogen-bond acceptors (Lipinski definition) is 8. The van der Waals surface area contributed by atoms with Gasteiger partial charge in [0.25, 0.3) is 0 Å². The zero-order valence-electron chi connectivity index (χ0n) is 28.1. The molecule has 1 aromatic carbocycles. The van der Waals surface area contributed by atoms with Gasteiger partial charge in [-0.3, -0.25) is 19.3 Å². The molecule has 0 saturated carbocycles. The van der Waals surface area contributed by atoms with Crippen LogP contribution in [0.25, 0.3) is 0 Å². The van der Waals surface area contributed by atoms with E-state index in [2.05, 4.69) is 34.0 Å². The lowest BCUT2D eigenvalue weighted by molar-refractivity contribution is -0.142. The summed E-state index contributed by atoms with van der Waals surface area (Å²) >= 11 is 5.58. The predicted molar refractivity (Wildman–Crippen MR) is 194 cm³/mol. The zero-order chi connectivity index (χ0) is 34.3. The van der Waals surface area contributed by atoms with Crippen molar-refractivity contribution >= 4 is 51.1 Å². The molecule has 264 valence electrons. The summed E-state index contributed by atoms with van der Waals surface area (Å²) in [5.41, 5.74) is 0.718. The lowest BCUT2D eigenvalue weighted by Gasteiger charge is -2.39. The number of carbonyl (C=O) groups excluding carboxylic acids is 3. The van der Waals surface area contributed by atoms with Gasteiger partial charge in [0, 0.05) is 68.2 Å². The number of morpholine rings is 1. The maximum absolute atomic E-state index is 14.8. The highest BCUT2D eigenvalue weighted by Crippen LogP contribution is 2.68. The Morgan fingerprint density at radius 1 is 1.08 bits per heavy atom. The third-order valence-electron chi connectivity index (χ3n) is 10.1. The van der Waals surface area contributed by atoms with Crippen LogP contribution in [0, 0.1) is 11.8 Å². The molecule has 0 aromatic heterocycles. The highest BCUT2D eigenvalue weighted by Gasteiger charge is 2.76. The summed E-state index contributed by atoms with van der Waals surface area (Å²) in [5.74, 6) is -0.762. The van der Waals surface area contributed by atoms with Gasteiger partial charge in [-0.25, -0.2) is 0 Å². The number of anilines is 1. The molecule has 0 aliphatic carbocycles. The molecule has 3 unspecified atom stereocenters. The van der Waals surface area contributed by atoms with E-state index in [9.17, 15) is 19.5 Å². The molecule has 12 heteroatoms. The fourth-order valence-corrected chi connectivity index (χ4v) is 11.5. The van der Waals surface area contributed by atoms with Crippen molar-refractivity contribution < 1.29 is 29.0 Å². The van der Waals surface area contributed by atoms with E-state index in [4.69, 9.17) is 9.47 Å². The highest BCUT2D eigenvalue weighted by molar-refractivity contribution is 9.09. The topological polar surface area (TPSA) is 103 Å². The number of amides is 3. The molecule has 6 atom stereocenters. The molecule has 1 aromatic rings. The Morgan fingerprint density at radius 3 is 2.46 bits per heavy atom. The molecule has 1 spiro atoms. The molecule has 4 heterocycles. The summed E-state index contributed by atoms with van der Waals surface area (Å²) < 4.78 is 10.4. The second-order valence-electron chi connectivity index (χ2n) is 13.0. The Labute approximate surface area is 298 Å². The van der Waals surface area contributed by atoms with Gasteiger partial charge in [0.1, 0.15) is 11.8 Å². The van der Waals surface area contributed by atoms with Crippen LogP contribution in [0.15, 0.2) is 49.6 Å². The number of carbonyl (C=O) groups is 3. The average molecular weight is 748 g/mol. The Kier molecular flexibility index (Phi) is 13.1. The van der Waals surface area contributed by atoms with E-state index in [1.165, 1.54) is 0 Å². The van der Waals surface area contributed by atoms with E-state index in [1.54, 1.807) is 33.7 Å². The molecular weight excluding hydrogens is 696 g/mol. The van der Waals surface area contributed by atoms with Crippen LogP contribution in [-0.2, 0) is 19.1 Å². The Balaban J connectivity index is 1.46. The van der Waals surface area contributed by atoms with Crippen LogP contribution in [-0.4, -0.2) is 131 Å². The van der Waals surface area contributed by atoms with Gasteiger partial charge in [-0.1, -0.05) is 40.9 Å². The van der Waals surface area contributed by atoms with Crippen molar-refractivity contribution in [2.45, 2.75) is 59.9 Å². The number of aliphatic hydroxyl groups excluding tert-OH is 1. The van der Waals surface area contributed by atoms with Gasteiger partial charge in [-0.15, -0.1) is 24.9 Å². The van der Waals surface area contributed by atoms with Crippen LogP contribution < -0.4 is 9.64 Å². The van der Waals surface area contributed by atoms with Crippen LogP contribution in [0.3, 0.4) is 0 Å². The van der Waals surface area contributed by atoms with E-state index in [1.807, 2.05) is 36.1 Å². The normalized spacial score (nSPS) is 27.9. The number of rotatable bonds is 18. The average Bonchev–Trinajstić information content (AvgIpc) is 3.69. The summed E-state index contributed by atoms with van der Waals surface area (Å²) in [5, 5.41) is 9.14. The third kappa shape index (κ3) is 7.52. The van der Waals surface area contributed by atoms with Crippen LogP contribution in [0.4, 0.5) is 5.69 Å². The summed E-state index contributed by atoms with van der Waals surface area (Å²) in [4.78, 5) is 51.8. The first-order valence-corrected chi connectivity index (χ1v) is 19.2. The monoisotopic (exact) mass is 746 g/mol. The number of fused-ring (bicyclic) bond motifs is 1. The number of halogens is 1. The maximum Gasteiger partial charge on any atom is 0.247 e. The van der Waals surface area contributed by atoms with Gasteiger partial charge < -0.3 is 29.3 Å². The van der Waals surface area contributed by atoms with E-state index in [0.717, 1.165) is 50.3 Å². The molecular formula is C36H51BrN4O6S. The smallest absolute Gasteiger partial charge is 0.247 e. The Bertz CT molecular complexity index is 1300. The lowest BCUT2D eigenvalue weighted by Crippen LogP contribution is -2.56.